The normalized spacial score (nSPS) is 28.3. The molecular weight excluding hydrogens is 262 g/mol. The highest BCUT2D eigenvalue weighted by Gasteiger charge is 2.30. The molecule has 0 amide bonds. The van der Waals surface area contributed by atoms with Crippen LogP contribution in [0, 0.1) is 0 Å². The molecule has 0 saturated carbocycles. The Morgan fingerprint density at radius 2 is 2.14 bits per heavy atom. The Morgan fingerprint density at radius 3 is 2.76 bits per heavy atom. The molecule has 0 radical (unpaired) electrons. The number of nitrogens with one attached hydrogen (secondary N) is 1. The number of β-amino-alcohol motifs (C(OH)–C–C–N with tert-alkyl or cyclic N) is 1. The van der Waals surface area contributed by atoms with Gasteiger partial charge < -0.3 is 10.4 Å². The number of likely N-dealkylation sites (tertiary alicyclic amines) is 1. The maximum absolute atomic E-state index is 9.77. The van der Waals surface area contributed by atoms with Crippen LogP contribution in [-0.4, -0.2) is 66.8 Å². The van der Waals surface area contributed by atoms with Gasteiger partial charge in [-0.15, -0.1) is 0 Å². The van der Waals surface area contributed by atoms with Gasteiger partial charge in [0, 0.05) is 38.3 Å². The van der Waals surface area contributed by atoms with Crippen molar-refractivity contribution in [3.63, 3.8) is 0 Å². The van der Waals surface area contributed by atoms with E-state index < -0.39 is 0 Å². The monoisotopic (exact) mass is 289 g/mol. The van der Waals surface area contributed by atoms with Crippen molar-refractivity contribution in [2.45, 2.75) is 31.0 Å². The minimum Gasteiger partial charge on any atom is -0.392 e. The van der Waals surface area contributed by atoms with E-state index in [-0.39, 0.29) is 6.10 Å². The number of nitrogens with zero attached hydrogens (tertiary/aromatic N) is 2. The summed E-state index contributed by atoms with van der Waals surface area (Å²) < 4.78 is 0. The topological polar surface area (TPSA) is 38.7 Å². The van der Waals surface area contributed by atoms with Crippen LogP contribution in [0.15, 0.2) is 30.3 Å². The van der Waals surface area contributed by atoms with Crippen LogP contribution in [0.3, 0.4) is 0 Å². The van der Waals surface area contributed by atoms with Crippen LogP contribution in [0.2, 0.25) is 0 Å². The van der Waals surface area contributed by atoms with E-state index in [2.05, 4.69) is 52.5 Å². The molecule has 3 rings (SSSR count). The second-order valence-electron chi connectivity index (χ2n) is 6.44. The standard InChI is InChI=1S/C17H27N3O/c1-19(15-7-9-18-11-15)17(14-5-3-2-4-6-14)13-20-10-8-16(21)12-20/h2-6,15-18,21H,7-13H2,1H3/t15?,16-,17+/m0/s1. The van der Waals surface area contributed by atoms with Gasteiger partial charge in [-0.25, -0.2) is 0 Å². The van der Waals surface area contributed by atoms with E-state index in [1.54, 1.807) is 0 Å². The van der Waals surface area contributed by atoms with Gasteiger partial charge in [0.05, 0.1) is 6.10 Å². The van der Waals surface area contributed by atoms with Crippen molar-refractivity contribution in [3.8, 4) is 0 Å². The number of aliphatic hydroxyl groups is 1. The molecular formula is C17H27N3O. The Bertz CT molecular complexity index is 433. The molecule has 0 aliphatic carbocycles. The minimum atomic E-state index is -0.139. The molecule has 1 aromatic rings. The number of likely N-dealkylation sites (N-methyl/N-ethyl adjacent to an activating group) is 1. The molecule has 21 heavy (non-hydrogen) atoms. The lowest BCUT2D eigenvalue weighted by molar-refractivity contribution is 0.127. The molecule has 2 N–H and O–H groups in total. The van der Waals surface area contributed by atoms with Crippen molar-refractivity contribution < 1.29 is 5.11 Å². The molecule has 1 aromatic carbocycles. The van der Waals surface area contributed by atoms with Crippen molar-refractivity contribution in [3.05, 3.63) is 35.9 Å². The van der Waals surface area contributed by atoms with E-state index in [4.69, 9.17) is 0 Å². The van der Waals surface area contributed by atoms with E-state index in [1.165, 1.54) is 12.0 Å². The zero-order valence-electron chi connectivity index (χ0n) is 12.9. The third-order valence-electron chi connectivity index (χ3n) is 4.96. The lowest BCUT2D eigenvalue weighted by atomic mass is 10.0. The summed E-state index contributed by atoms with van der Waals surface area (Å²) in [6.07, 6.45) is 2.00. The van der Waals surface area contributed by atoms with Gasteiger partial charge in [0.25, 0.3) is 0 Å². The van der Waals surface area contributed by atoms with E-state index in [0.29, 0.717) is 12.1 Å². The zero-order chi connectivity index (χ0) is 14.7. The lowest BCUT2D eigenvalue weighted by Gasteiger charge is -2.35. The van der Waals surface area contributed by atoms with Crippen molar-refractivity contribution in [2.24, 2.45) is 0 Å². The smallest absolute Gasteiger partial charge is 0.0679 e. The Kier molecular flexibility index (Phi) is 4.91. The zero-order valence-corrected chi connectivity index (χ0v) is 12.9. The predicted molar refractivity (Wildman–Crippen MR) is 85.3 cm³/mol. The highest BCUT2D eigenvalue weighted by atomic mass is 16.3. The second-order valence-corrected chi connectivity index (χ2v) is 6.44. The van der Waals surface area contributed by atoms with Crippen LogP contribution >= 0.6 is 0 Å². The van der Waals surface area contributed by atoms with Crippen LogP contribution in [-0.2, 0) is 0 Å². The molecule has 2 fully saturated rings. The first-order chi connectivity index (χ1) is 10.2. The number of hydrogen-bond donors (Lipinski definition) is 2. The molecule has 0 spiro atoms. The quantitative estimate of drug-likeness (QED) is 0.851. The fourth-order valence-electron chi connectivity index (χ4n) is 3.61. The minimum absolute atomic E-state index is 0.139. The van der Waals surface area contributed by atoms with E-state index >= 15 is 0 Å². The molecule has 4 nitrogen and oxygen atoms in total. The highest BCUT2D eigenvalue weighted by Crippen LogP contribution is 2.26. The number of hydrogen-bond acceptors (Lipinski definition) is 4. The summed E-state index contributed by atoms with van der Waals surface area (Å²) in [5.74, 6) is 0. The third kappa shape index (κ3) is 3.64. The molecule has 0 bridgehead atoms. The first kappa shape index (κ1) is 15.0. The molecule has 116 valence electrons. The molecule has 1 unspecified atom stereocenters. The van der Waals surface area contributed by atoms with Gasteiger partial charge >= 0.3 is 0 Å². The Balaban J connectivity index is 1.74. The first-order valence-corrected chi connectivity index (χ1v) is 8.12. The highest BCUT2D eigenvalue weighted by molar-refractivity contribution is 5.20. The van der Waals surface area contributed by atoms with Gasteiger partial charge in [0.1, 0.15) is 0 Å². The molecule has 0 aromatic heterocycles. The van der Waals surface area contributed by atoms with Gasteiger partial charge in [0.15, 0.2) is 0 Å². The molecule has 2 heterocycles. The summed E-state index contributed by atoms with van der Waals surface area (Å²) in [6, 6.07) is 11.8. The summed E-state index contributed by atoms with van der Waals surface area (Å²) in [7, 11) is 2.25. The second kappa shape index (κ2) is 6.88. The number of aliphatic hydroxyl groups excluding tert-OH is 1. The van der Waals surface area contributed by atoms with Crippen LogP contribution in [0.25, 0.3) is 0 Å². The molecule has 4 heteroatoms. The summed E-state index contributed by atoms with van der Waals surface area (Å²) >= 11 is 0. The Hall–Kier alpha value is -0.940. The van der Waals surface area contributed by atoms with Crippen LogP contribution in [0.1, 0.15) is 24.4 Å². The Morgan fingerprint density at radius 1 is 1.33 bits per heavy atom. The van der Waals surface area contributed by atoms with Crippen molar-refractivity contribution in [1.29, 1.82) is 0 Å². The average Bonchev–Trinajstić information content (AvgIpc) is 3.16. The van der Waals surface area contributed by atoms with Gasteiger partial charge in [-0.2, -0.15) is 0 Å². The average molecular weight is 289 g/mol. The lowest BCUT2D eigenvalue weighted by Crippen LogP contribution is -2.42. The van der Waals surface area contributed by atoms with Crippen molar-refractivity contribution in [2.75, 3.05) is 39.8 Å². The van der Waals surface area contributed by atoms with Crippen molar-refractivity contribution in [1.82, 2.24) is 15.1 Å². The van der Waals surface area contributed by atoms with Gasteiger partial charge in [-0.3, -0.25) is 9.80 Å². The number of rotatable bonds is 5. The van der Waals surface area contributed by atoms with E-state index in [9.17, 15) is 5.11 Å². The summed E-state index contributed by atoms with van der Waals surface area (Å²) in [4.78, 5) is 4.93. The van der Waals surface area contributed by atoms with Crippen LogP contribution < -0.4 is 5.32 Å². The van der Waals surface area contributed by atoms with E-state index in [1.807, 2.05) is 0 Å². The fourth-order valence-corrected chi connectivity index (χ4v) is 3.61. The largest absolute Gasteiger partial charge is 0.392 e. The van der Waals surface area contributed by atoms with Crippen LogP contribution in [0.5, 0.6) is 0 Å². The van der Waals surface area contributed by atoms with Crippen LogP contribution in [0.4, 0.5) is 0 Å². The fraction of sp³-hybridized carbons (Fsp3) is 0.647. The summed E-state index contributed by atoms with van der Waals surface area (Å²) in [5.41, 5.74) is 1.38. The Labute approximate surface area is 127 Å². The maximum atomic E-state index is 9.77. The van der Waals surface area contributed by atoms with Crippen molar-refractivity contribution >= 4 is 0 Å². The van der Waals surface area contributed by atoms with E-state index in [0.717, 1.165) is 39.1 Å². The molecule has 3 atom stereocenters. The summed E-state index contributed by atoms with van der Waals surface area (Å²) in [6.45, 7) is 5.05. The SMILES string of the molecule is CN(C1CCNC1)[C@H](CN1CC[C@H](O)C1)c1ccccc1. The van der Waals surface area contributed by atoms with Gasteiger partial charge in [-0.05, 0) is 32.0 Å². The molecule has 2 aliphatic heterocycles. The summed E-state index contributed by atoms with van der Waals surface area (Å²) in [5, 5.41) is 13.2. The third-order valence-corrected chi connectivity index (χ3v) is 4.96. The predicted octanol–water partition coefficient (Wildman–Crippen LogP) is 1.09. The van der Waals surface area contributed by atoms with Gasteiger partial charge in [0.2, 0.25) is 0 Å². The first-order valence-electron chi connectivity index (χ1n) is 8.12. The molecule has 2 aliphatic rings. The molecule has 2 saturated heterocycles. The maximum Gasteiger partial charge on any atom is 0.0679 e. The van der Waals surface area contributed by atoms with Gasteiger partial charge in [-0.1, -0.05) is 30.3 Å². The number of benzene rings is 1.